The van der Waals surface area contributed by atoms with Gasteiger partial charge in [-0.05, 0) is 47.9 Å². The van der Waals surface area contributed by atoms with E-state index in [0.717, 1.165) is 23.2 Å². The molecule has 0 radical (unpaired) electrons. The van der Waals surface area contributed by atoms with Crippen LogP contribution >= 0.6 is 37.9 Å². The minimum Gasteiger partial charge on any atom is -0.179 e. The van der Waals surface area contributed by atoms with Crippen molar-refractivity contribution >= 4 is 37.9 Å². The molecule has 0 nitrogen and oxygen atoms in total. The molecule has 1 atom stereocenters. The van der Waals surface area contributed by atoms with Crippen LogP contribution in [0.4, 0.5) is 0 Å². The lowest BCUT2D eigenvalue weighted by atomic mass is 9.72. The minimum absolute atomic E-state index is 0.415. The normalized spacial score (nSPS) is 28.8. The van der Waals surface area contributed by atoms with Crippen molar-refractivity contribution < 1.29 is 0 Å². The molecule has 0 heterocycles. The summed E-state index contributed by atoms with van der Waals surface area (Å²) in [4.78, 5) is 0. The van der Waals surface area contributed by atoms with Crippen LogP contribution in [0.5, 0.6) is 0 Å². The average Bonchev–Trinajstić information content (AvgIpc) is 2.18. The highest BCUT2D eigenvalue weighted by atomic mass is 32.1. The van der Waals surface area contributed by atoms with E-state index in [2.05, 4.69) is 37.9 Å². The summed E-state index contributed by atoms with van der Waals surface area (Å²) in [6, 6.07) is 0. The largest absolute Gasteiger partial charge is 0.179 e. The van der Waals surface area contributed by atoms with Gasteiger partial charge in [0.2, 0.25) is 0 Å². The van der Waals surface area contributed by atoms with Gasteiger partial charge in [-0.3, -0.25) is 0 Å². The van der Waals surface area contributed by atoms with Gasteiger partial charge in [0.15, 0.2) is 0 Å². The van der Waals surface area contributed by atoms with E-state index in [-0.39, 0.29) is 0 Å². The summed E-state index contributed by atoms with van der Waals surface area (Å²) >= 11 is 13.2. The number of hydrogen-bond donors (Lipinski definition) is 3. The molecule has 1 aliphatic carbocycles. The smallest absolute Gasteiger partial charge is 0.00332 e. The summed E-state index contributed by atoms with van der Waals surface area (Å²) < 4.78 is 0. The van der Waals surface area contributed by atoms with Crippen LogP contribution in [0, 0.1) is 11.3 Å². The van der Waals surface area contributed by atoms with Crippen molar-refractivity contribution in [1.82, 2.24) is 0 Å². The lowest BCUT2D eigenvalue weighted by Gasteiger charge is -2.38. The van der Waals surface area contributed by atoms with E-state index >= 15 is 0 Å². The lowest BCUT2D eigenvalue weighted by molar-refractivity contribution is 0.206. The van der Waals surface area contributed by atoms with Crippen LogP contribution in [0.1, 0.15) is 25.7 Å². The topological polar surface area (TPSA) is 0 Å². The molecule has 1 saturated carbocycles. The Balaban J connectivity index is 2.52. The fraction of sp³-hybridized carbons (Fsp3) is 1.00. The van der Waals surface area contributed by atoms with Crippen LogP contribution in [0.15, 0.2) is 0 Å². The minimum atomic E-state index is 0.415. The number of thiol groups is 3. The Bertz CT molecular complexity index is 132. The zero-order valence-electron chi connectivity index (χ0n) is 7.37. The first-order valence-electron chi connectivity index (χ1n) is 4.59. The first-order chi connectivity index (χ1) is 5.76. The number of rotatable bonds is 3. The van der Waals surface area contributed by atoms with Gasteiger partial charge in [0.25, 0.3) is 0 Å². The maximum absolute atomic E-state index is 4.43. The summed E-state index contributed by atoms with van der Waals surface area (Å²) in [6.45, 7) is 0. The maximum Gasteiger partial charge on any atom is -0.00332 e. The Hall–Kier alpha value is 1.05. The van der Waals surface area contributed by atoms with Gasteiger partial charge in [0.1, 0.15) is 0 Å². The summed E-state index contributed by atoms with van der Waals surface area (Å²) in [6.07, 6.45) is 5.28. The molecule has 0 N–H and O–H groups in total. The molecule has 1 fully saturated rings. The molecule has 1 aliphatic rings. The van der Waals surface area contributed by atoms with Gasteiger partial charge in [0, 0.05) is 0 Å². The van der Waals surface area contributed by atoms with Crippen LogP contribution in [-0.4, -0.2) is 17.3 Å². The molecule has 0 aromatic heterocycles. The summed E-state index contributed by atoms with van der Waals surface area (Å²) in [5, 5.41) is 0. The van der Waals surface area contributed by atoms with E-state index in [4.69, 9.17) is 0 Å². The van der Waals surface area contributed by atoms with Crippen molar-refractivity contribution in [1.29, 1.82) is 0 Å². The molecular weight excluding hydrogens is 204 g/mol. The third-order valence-corrected chi connectivity index (χ3v) is 4.83. The monoisotopic (exact) mass is 222 g/mol. The zero-order chi connectivity index (χ0) is 9.03. The van der Waals surface area contributed by atoms with Gasteiger partial charge in [-0.2, -0.15) is 37.9 Å². The Morgan fingerprint density at radius 1 is 1.17 bits per heavy atom. The van der Waals surface area contributed by atoms with Crippen molar-refractivity contribution in [3.8, 4) is 0 Å². The first kappa shape index (κ1) is 11.1. The Labute approximate surface area is 92.1 Å². The van der Waals surface area contributed by atoms with Gasteiger partial charge in [-0.1, -0.05) is 6.42 Å². The second-order valence-electron chi connectivity index (χ2n) is 3.96. The Morgan fingerprint density at radius 3 is 2.33 bits per heavy atom. The molecule has 0 spiro atoms. The van der Waals surface area contributed by atoms with Crippen LogP contribution < -0.4 is 0 Å². The van der Waals surface area contributed by atoms with E-state index in [9.17, 15) is 0 Å². The molecule has 1 rings (SSSR count). The second kappa shape index (κ2) is 5.06. The highest BCUT2D eigenvalue weighted by Gasteiger charge is 2.33. The molecule has 0 saturated heterocycles. The van der Waals surface area contributed by atoms with Crippen LogP contribution in [-0.2, 0) is 0 Å². The molecule has 0 bridgehead atoms. The molecule has 0 aromatic carbocycles. The highest BCUT2D eigenvalue weighted by Crippen LogP contribution is 2.41. The van der Waals surface area contributed by atoms with E-state index in [0.29, 0.717) is 5.41 Å². The molecule has 0 aromatic rings. The number of hydrogen-bond acceptors (Lipinski definition) is 3. The van der Waals surface area contributed by atoms with Crippen molar-refractivity contribution in [2.45, 2.75) is 25.7 Å². The van der Waals surface area contributed by atoms with E-state index < -0.39 is 0 Å². The molecule has 3 heteroatoms. The molecule has 12 heavy (non-hydrogen) atoms. The molecule has 1 unspecified atom stereocenters. The maximum atomic E-state index is 4.43. The van der Waals surface area contributed by atoms with E-state index in [1.807, 2.05) is 0 Å². The standard InChI is InChI=1S/C9H18S3/c10-5-8-2-1-3-9(4-8,6-11)7-12/h8,10-12H,1-7H2. The molecular formula is C9H18S3. The zero-order valence-corrected chi connectivity index (χ0v) is 10.1. The Morgan fingerprint density at radius 2 is 1.83 bits per heavy atom. The van der Waals surface area contributed by atoms with Gasteiger partial charge in [-0.15, -0.1) is 0 Å². The van der Waals surface area contributed by atoms with Gasteiger partial charge < -0.3 is 0 Å². The van der Waals surface area contributed by atoms with Crippen molar-refractivity contribution in [3.05, 3.63) is 0 Å². The summed E-state index contributed by atoms with van der Waals surface area (Å²) in [7, 11) is 0. The molecule has 72 valence electrons. The van der Waals surface area contributed by atoms with Crippen LogP contribution in [0.3, 0.4) is 0 Å². The van der Waals surface area contributed by atoms with Gasteiger partial charge in [-0.25, -0.2) is 0 Å². The van der Waals surface area contributed by atoms with Crippen LogP contribution in [0.25, 0.3) is 0 Å². The average molecular weight is 222 g/mol. The highest BCUT2D eigenvalue weighted by molar-refractivity contribution is 7.81. The van der Waals surface area contributed by atoms with E-state index in [1.165, 1.54) is 25.7 Å². The van der Waals surface area contributed by atoms with Gasteiger partial charge in [0.05, 0.1) is 0 Å². The third-order valence-electron chi connectivity index (χ3n) is 2.97. The first-order valence-corrected chi connectivity index (χ1v) is 6.49. The Kier molecular flexibility index (Phi) is 4.69. The van der Waals surface area contributed by atoms with Crippen molar-refractivity contribution in [2.75, 3.05) is 17.3 Å². The SMILES string of the molecule is SCC1CCCC(CS)(CS)C1. The fourth-order valence-corrected chi connectivity index (χ4v) is 3.36. The fourth-order valence-electron chi connectivity index (χ4n) is 2.08. The molecule has 0 amide bonds. The van der Waals surface area contributed by atoms with Crippen molar-refractivity contribution in [3.63, 3.8) is 0 Å². The summed E-state index contributed by atoms with van der Waals surface area (Å²) in [5.41, 5.74) is 0.415. The predicted molar refractivity (Wildman–Crippen MR) is 66.0 cm³/mol. The van der Waals surface area contributed by atoms with Crippen molar-refractivity contribution in [2.24, 2.45) is 11.3 Å². The van der Waals surface area contributed by atoms with E-state index in [1.54, 1.807) is 0 Å². The summed E-state index contributed by atoms with van der Waals surface area (Å²) in [5.74, 6) is 3.81. The van der Waals surface area contributed by atoms with Crippen LogP contribution in [0.2, 0.25) is 0 Å². The van der Waals surface area contributed by atoms with Gasteiger partial charge >= 0.3 is 0 Å². The lowest BCUT2D eigenvalue weighted by Crippen LogP contribution is -2.32. The second-order valence-corrected chi connectivity index (χ2v) is 4.96. The molecule has 0 aliphatic heterocycles. The third kappa shape index (κ3) is 2.52. The quantitative estimate of drug-likeness (QED) is 0.601. The predicted octanol–water partition coefficient (Wildman–Crippen LogP) is 2.95.